The number of imidazole rings is 1. The minimum absolute atomic E-state index is 0.0706. The first kappa shape index (κ1) is 24.2. The summed E-state index contributed by atoms with van der Waals surface area (Å²) in [6.45, 7) is 1.76. The second-order valence-corrected chi connectivity index (χ2v) is 10.7. The van der Waals surface area contributed by atoms with Crippen LogP contribution in [0.2, 0.25) is 0 Å². The zero-order chi connectivity index (χ0) is 27.1. The van der Waals surface area contributed by atoms with Crippen molar-refractivity contribution in [3.05, 3.63) is 100 Å². The standard InChI is InChI=1S/C30H24N6O3S/c37-27(18-4-2-1-3-5-18)20-6-7-22-23(14-20)34-30(33-22)35-28(38)24-17-40-29(32-24)19-8-11-36(12-9-19)25-15-31-16-26-21(25)10-13-39-26/h1-7,10,13-17,19H,8-9,11-12H2,(H2,33,34,35,38). The third-order valence-electron chi connectivity index (χ3n) is 7.31. The summed E-state index contributed by atoms with van der Waals surface area (Å²) in [6, 6.07) is 16.4. The van der Waals surface area contributed by atoms with Gasteiger partial charge in [0, 0.05) is 40.9 Å². The number of H-pyrrole nitrogens is 1. The number of nitrogens with zero attached hydrogens (tertiary/aromatic N) is 4. The number of hydrogen-bond donors (Lipinski definition) is 2. The highest BCUT2D eigenvalue weighted by molar-refractivity contribution is 7.10. The Labute approximate surface area is 232 Å². The van der Waals surface area contributed by atoms with Gasteiger partial charge in [-0.15, -0.1) is 11.3 Å². The zero-order valence-corrected chi connectivity index (χ0v) is 22.1. The molecule has 0 atom stereocenters. The van der Waals surface area contributed by atoms with Gasteiger partial charge in [-0.3, -0.25) is 19.9 Å². The maximum absolute atomic E-state index is 13.0. The number of furan rings is 1. The Morgan fingerprint density at radius 3 is 2.70 bits per heavy atom. The second-order valence-electron chi connectivity index (χ2n) is 9.79. The van der Waals surface area contributed by atoms with Gasteiger partial charge < -0.3 is 14.3 Å². The monoisotopic (exact) mass is 548 g/mol. The first-order chi connectivity index (χ1) is 19.6. The Kier molecular flexibility index (Phi) is 6.09. The fourth-order valence-corrected chi connectivity index (χ4v) is 6.19. The Bertz CT molecular complexity index is 1850. The number of fused-ring (bicyclic) bond motifs is 2. The van der Waals surface area contributed by atoms with Crippen LogP contribution in [0.15, 0.2) is 83.1 Å². The lowest BCUT2D eigenvalue weighted by molar-refractivity contribution is 0.101. The van der Waals surface area contributed by atoms with Crippen LogP contribution in [-0.2, 0) is 0 Å². The SMILES string of the molecule is O=C(c1ccccc1)c1ccc2nc(NC(=O)c3csc(C4CCN(c5cncc6occc56)CC4)n3)[nH]c2c1. The summed E-state index contributed by atoms with van der Waals surface area (Å²) in [6.07, 6.45) is 7.21. The molecule has 4 aromatic heterocycles. The van der Waals surface area contributed by atoms with Crippen molar-refractivity contribution >= 4 is 56.7 Å². The molecule has 40 heavy (non-hydrogen) atoms. The average Bonchev–Trinajstić information content (AvgIpc) is 3.76. The highest BCUT2D eigenvalue weighted by Gasteiger charge is 2.25. The van der Waals surface area contributed by atoms with E-state index in [9.17, 15) is 9.59 Å². The number of rotatable bonds is 6. The van der Waals surface area contributed by atoms with Gasteiger partial charge in [0.15, 0.2) is 11.4 Å². The number of pyridine rings is 1. The maximum atomic E-state index is 13.0. The zero-order valence-electron chi connectivity index (χ0n) is 21.3. The van der Waals surface area contributed by atoms with E-state index >= 15 is 0 Å². The molecule has 0 aliphatic carbocycles. The highest BCUT2D eigenvalue weighted by Crippen LogP contribution is 2.35. The number of aromatic amines is 1. The summed E-state index contributed by atoms with van der Waals surface area (Å²) in [5.74, 6) is 0.219. The number of carbonyl (C=O) groups excluding carboxylic acids is 2. The molecule has 2 N–H and O–H groups in total. The average molecular weight is 549 g/mol. The number of amides is 1. The van der Waals surface area contributed by atoms with E-state index in [0.717, 1.165) is 47.6 Å². The van der Waals surface area contributed by atoms with Gasteiger partial charge in [-0.05, 0) is 37.1 Å². The van der Waals surface area contributed by atoms with E-state index in [4.69, 9.17) is 4.42 Å². The molecule has 0 bridgehead atoms. The molecule has 7 rings (SSSR count). The lowest BCUT2D eigenvalue weighted by Gasteiger charge is -2.32. The quantitative estimate of drug-likeness (QED) is 0.244. The van der Waals surface area contributed by atoms with Crippen molar-refractivity contribution in [2.24, 2.45) is 0 Å². The van der Waals surface area contributed by atoms with Crippen molar-refractivity contribution in [1.82, 2.24) is 19.9 Å². The number of thiazole rings is 1. The molecule has 1 saturated heterocycles. The fraction of sp³-hybridized carbons (Fsp3) is 0.167. The molecule has 10 heteroatoms. The van der Waals surface area contributed by atoms with E-state index < -0.39 is 0 Å². The largest absolute Gasteiger partial charge is 0.463 e. The van der Waals surface area contributed by atoms with Crippen molar-refractivity contribution in [2.75, 3.05) is 23.3 Å². The van der Waals surface area contributed by atoms with Gasteiger partial charge in [0.05, 0.1) is 40.4 Å². The van der Waals surface area contributed by atoms with Crippen LogP contribution in [0.25, 0.3) is 22.0 Å². The van der Waals surface area contributed by atoms with Crippen LogP contribution in [0.5, 0.6) is 0 Å². The molecular formula is C30H24N6O3S. The Morgan fingerprint density at radius 1 is 1.00 bits per heavy atom. The van der Waals surface area contributed by atoms with Gasteiger partial charge in [0.2, 0.25) is 5.95 Å². The van der Waals surface area contributed by atoms with Crippen LogP contribution in [0.4, 0.5) is 11.6 Å². The van der Waals surface area contributed by atoms with Crippen LogP contribution in [0.1, 0.15) is 50.2 Å². The predicted molar refractivity (Wildman–Crippen MR) is 154 cm³/mol. The number of nitrogens with one attached hydrogen (secondary N) is 2. The third-order valence-corrected chi connectivity index (χ3v) is 8.32. The Morgan fingerprint density at radius 2 is 1.85 bits per heavy atom. The van der Waals surface area contributed by atoms with E-state index in [1.807, 2.05) is 30.5 Å². The van der Waals surface area contributed by atoms with E-state index in [2.05, 4.69) is 30.2 Å². The van der Waals surface area contributed by atoms with Gasteiger partial charge in [-0.25, -0.2) is 9.97 Å². The number of carbonyl (C=O) groups is 2. The maximum Gasteiger partial charge on any atom is 0.277 e. The smallest absolute Gasteiger partial charge is 0.277 e. The van der Waals surface area contributed by atoms with E-state index in [1.54, 1.807) is 48.2 Å². The Balaban J connectivity index is 1.01. The van der Waals surface area contributed by atoms with Gasteiger partial charge in [0.25, 0.3) is 5.91 Å². The first-order valence-electron chi connectivity index (χ1n) is 13.0. The van der Waals surface area contributed by atoms with Gasteiger partial charge in [-0.2, -0.15) is 0 Å². The summed E-state index contributed by atoms with van der Waals surface area (Å²) >= 11 is 1.52. The van der Waals surface area contributed by atoms with Gasteiger partial charge in [-0.1, -0.05) is 30.3 Å². The number of ketones is 1. The number of anilines is 2. The topological polar surface area (TPSA) is 117 Å². The molecule has 1 amide bonds. The molecule has 1 aliphatic heterocycles. The number of hydrogen-bond acceptors (Lipinski definition) is 8. The van der Waals surface area contributed by atoms with E-state index in [0.29, 0.717) is 39.7 Å². The minimum Gasteiger partial charge on any atom is -0.463 e. The van der Waals surface area contributed by atoms with Crippen molar-refractivity contribution in [3.63, 3.8) is 0 Å². The fourth-order valence-electron chi connectivity index (χ4n) is 5.21. The molecule has 2 aromatic carbocycles. The van der Waals surface area contributed by atoms with Crippen molar-refractivity contribution in [2.45, 2.75) is 18.8 Å². The molecule has 0 radical (unpaired) electrons. The van der Waals surface area contributed by atoms with E-state index in [1.165, 1.54) is 11.3 Å². The molecule has 0 saturated carbocycles. The van der Waals surface area contributed by atoms with Crippen LogP contribution < -0.4 is 10.2 Å². The minimum atomic E-state index is -0.322. The third kappa shape index (κ3) is 4.52. The number of aromatic nitrogens is 4. The number of benzene rings is 2. The van der Waals surface area contributed by atoms with Crippen LogP contribution in [0, 0.1) is 0 Å². The highest BCUT2D eigenvalue weighted by atomic mass is 32.1. The molecule has 5 heterocycles. The summed E-state index contributed by atoms with van der Waals surface area (Å²) in [4.78, 5) is 44.7. The van der Waals surface area contributed by atoms with Crippen molar-refractivity contribution in [1.29, 1.82) is 0 Å². The van der Waals surface area contributed by atoms with Crippen LogP contribution >= 0.6 is 11.3 Å². The summed E-state index contributed by atoms with van der Waals surface area (Å²) in [5.41, 5.74) is 4.75. The lowest BCUT2D eigenvalue weighted by atomic mass is 9.97. The first-order valence-corrected chi connectivity index (χ1v) is 13.9. The number of piperidine rings is 1. The summed E-state index contributed by atoms with van der Waals surface area (Å²) in [7, 11) is 0. The molecule has 1 aliphatic rings. The summed E-state index contributed by atoms with van der Waals surface area (Å²) in [5, 5.41) is 6.66. The van der Waals surface area contributed by atoms with Crippen molar-refractivity contribution in [3.8, 4) is 0 Å². The molecular weight excluding hydrogens is 524 g/mol. The van der Waals surface area contributed by atoms with Gasteiger partial charge >= 0.3 is 0 Å². The summed E-state index contributed by atoms with van der Waals surface area (Å²) < 4.78 is 5.50. The molecule has 1 fully saturated rings. The second kappa shape index (κ2) is 10.0. The van der Waals surface area contributed by atoms with E-state index in [-0.39, 0.29) is 11.7 Å². The normalized spacial score (nSPS) is 14.2. The predicted octanol–water partition coefficient (Wildman–Crippen LogP) is 6.03. The molecule has 0 unspecified atom stereocenters. The molecule has 9 nitrogen and oxygen atoms in total. The van der Waals surface area contributed by atoms with Crippen LogP contribution in [-0.4, -0.2) is 44.7 Å². The molecule has 198 valence electrons. The molecule has 0 spiro atoms. The van der Waals surface area contributed by atoms with Gasteiger partial charge in [0.1, 0.15) is 5.69 Å². The van der Waals surface area contributed by atoms with Crippen LogP contribution in [0.3, 0.4) is 0 Å². The lowest BCUT2D eigenvalue weighted by Crippen LogP contribution is -2.33. The molecule has 6 aromatic rings. The Hall–Kier alpha value is -4.83. The van der Waals surface area contributed by atoms with Crippen molar-refractivity contribution < 1.29 is 14.0 Å².